The minimum Gasteiger partial charge on any atom is -0.483 e. The highest BCUT2D eigenvalue weighted by Gasteiger charge is 2.22. The first-order valence-electron chi connectivity index (χ1n) is 9.39. The zero-order valence-corrected chi connectivity index (χ0v) is 17.6. The van der Waals surface area contributed by atoms with Crippen LogP contribution in [0, 0.1) is 11.6 Å². The van der Waals surface area contributed by atoms with Gasteiger partial charge in [-0.3, -0.25) is 4.79 Å². The van der Waals surface area contributed by atoms with Crippen LogP contribution < -0.4 is 10.1 Å². The molecule has 6 nitrogen and oxygen atoms in total. The third-order valence-electron chi connectivity index (χ3n) is 4.18. The van der Waals surface area contributed by atoms with Crippen molar-refractivity contribution in [1.82, 2.24) is 14.8 Å². The van der Waals surface area contributed by atoms with E-state index in [-0.39, 0.29) is 29.2 Å². The van der Waals surface area contributed by atoms with E-state index < -0.39 is 11.9 Å². The largest absolute Gasteiger partial charge is 0.483 e. The highest BCUT2D eigenvalue weighted by atomic mass is 32.2. The Morgan fingerprint density at radius 3 is 2.47 bits per heavy atom. The molecule has 0 aliphatic carbocycles. The Morgan fingerprint density at radius 1 is 1.10 bits per heavy atom. The van der Waals surface area contributed by atoms with Gasteiger partial charge in [-0.15, -0.1) is 10.2 Å². The normalized spacial score (nSPS) is 12.1. The average molecular weight is 432 g/mol. The van der Waals surface area contributed by atoms with Crippen LogP contribution in [0.4, 0.5) is 14.5 Å². The fourth-order valence-corrected chi connectivity index (χ4v) is 3.67. The third kappa shape index (κ3) is 5.35. The SMILES string of the molecule is CC(Oc1ccc(F)cc1)c1nnc(SCC(=O)Nc2ccccc2F)n1C(C)C. The Hall–Kier alpha value is -2.94. The number of carbonyl (C=O) groups excluding carboxylic acids is 1. The quantitative estimate of drug-likeness (QED) is 0.507. The van der Waals surface area contributed by atoms with Gasteiger partial charge in [0.05, 0.1) is 11.4 Å². The van der Waals surface area contributed by atoms with Gasteiger partial charge < -0.3 is 14.6 Å². The second-order valence-electron chi connectivity index (χ2n) is 6.84. The Balaban J connectivity index is 1.68. The molecule has 1 amide bonds. The van der Waals surface area contributed by atoms with Crippen molar-refractivity contribution in [3.8, 4) is 5.75 Å². The summed E-state index contributed by atoms with van der Waals surface area (Å²) in [5, 5.41) is 11.5. The summed E-state index contributed by atoms with van der Waals surface area (Å²) >= 11 is 1.20. The number of hydrogen-bond donors (Lipinski definition) is 1. The van der Waals surface area contributed by atoms with Crippen molar-refractivity contribution in [2.75, 3.05) is 11.1 Å². The van der Waals surface area contributed by atoms with E-state index in [1.165, 1.54) is 36.0 Å². The summed E-state index contributed by atoms with van der Waals surface area (Å²) in [6.45, 7) is 5.77. The molecule has 0 saturated heterocycles. The molecular weight excluding hydrogens is 410 g/mol. The van der Waals surface area contributed by atoms with E-state index in [0.717, 1.165) is 0 Å². The molecule has 0 aliphatic heterocycles. The monoisotopic (exact) mass is 432 g/mol. The topological polar surface area (TPSA) is 69.0 Å². The van der Waals surface area contributed by atoms with E-state index in [0.29, 0.717) is 16.7 Å². The number of hydrogen-bond acceptors (Lipinski definition) is 5. The second-order valence-corrected chi connectivity index (χ2v) is 7.78. The van der Waals surface area contributed by atoms with Crippen molar-refractivity contribution < 1.29 is 18.3 Å². The molecule has 2 aromatic carbocycles. The van der Waals surface area contributed by atoms with Gasteiger partial charge in [0, 0.05) is 6.04 Å². The minimum absolute atomic E-state index is 0.0198. The summed E-state index contributed by atoms with van der Waals surface area (Å²) in [5.74, 6) is -0.0256. The molecule has 1 aromatic heterocycles. The molecule has 0 radical (unpaired) electrons. The molecule has 3 rings (SSSR count). The zero-order chi connectivity index (χ0) is 21.7. The van der Waals surface area contributed by atoms with E-state index in [9.17, 15) is 13.6 Å². The smallest absolute Gasteiger partial charge is 0.234 e. The van der Waals surface area contributed by atoms with Gasteiger partial charge in [-0.25, -0.2) is 8.78 Å². The number of nitrogens with zero attached hydrogens (tertiary/aromatic N) is 3. The van der Waals surface area contributed by atoms with Crippen molar-refractivity contribution in [2.24, 2.45) is 0 Å². The predicted molar refractivity (Wildman–Crippen MR) is 112 cm³/mol. The van der Waals surface area contributed by atoms with Crippen LogP contribution in [0.15, 0.2) is 53.7 Å². The van der Waals surface area contributed by atoms with E-state index in [1.807, 2.05) is 25.3 Å². The van der Waals surface area contributed by atoms with Crippen LogP contribution in [0.25, 0.3) is 0 Å². The van der Waals surface area contributed by atoms with Crippen LogP contribution in [0.3, 0.4) is 0 Å². The Labute approximate surface area is 177 Å². The molecule has 0 spiro atoms. The van der Waals surface area contributed by atoms with Crippen molar-refractivity contribution >= 4 is 23.4 Å². The van der Waals surface area contributed by atoms with Gasteiger partial charge in [-0.2, -0.15) is 0 Å². The molecule has 9 heteroatoms. The predicted octanol–water partition coefficient (Wildman–Crippen LogP) is 5.01. The van der Waals surface area contributed by atoms with Crippen molar-refractivity contribution in [3.63, 3.8) is 0 Å². The number of thioether (sulfide) groups is 1. The second kappa shape index (κ2) is 9.71. The molecule has 1 heterocycles. The van der Waals surface area contributed by atoms with Crippen LogP contribution in [-0.4, -0.2) is 26.4 Å². The number of para-hydroxylation sites is 1. The van der Waals surface area contributed by atoms with Crippen LogP contribution in [0.5, 0.6) is 5.75 Å². The highest BCUT2D eigenvalue weighted by molar-refractivity contribution is 7.99. The molecule has 0 fully saturated rings. The molecule has 30 heavy (non-hydrogen) atoms. The Morgan fingerprint density at radius 2 is 1.80 bits per heavy atom. The van der Waals surface area contributed by atoms with Gasteiger partial charge in [0.15, 0.2) is 17.1 Å². The summed E-state index contributed by atoms with van der Waals surface area (Å²) in [6.07, 6.45) is -0.438. The highest BCUT2D eigenvalue weighted by Crippen LogP contribution is 2.28. The Bertz CT molecular complexity index is 1010. The van der Waals surface area contributed by atoms with E-state index in [2.05, 4.69) is 15.5 Å². The van der Waals surface area contributed by atoms with Crippen LogP contribution >= 0.6 is 11.8 Å². The lowest BCUT2D eigenvalue weighted by Gasteiger charge is -2.18. The summed E-state index contributed by atoms with van der Waals surface area (Å²) in [6, 6.07) is 11.8. The number of amides is 1. The molecule has 1 unspecified atom stereocenters. The van der Waals surface area contributed by atoms with Crippen molar-refractivity contribution in [1.29, 1.82) is 0 Å². The van der Waals surface area contributed by atoms with Crippen LogP contribution in [-0.2, 0) is 4.79 Å². The fraction of sp³-hybridized carbons (Fsp3) is 0.286. The molecule has 158 valence electrons. The molecule has 0 bridgehead atoms. The maximum Gasteiger partial charge on any atom is 0.234 e. The van der Waals surface area contributed by atoms with Gasteiger partial charge >= 0.3 is 0 Å². The average Bonchev–Trinajstić information content (AvgIpc) is 3.14. The first-order chi connectivity index (χ1) is 14.3. The standard InChI is InChI=1S/C21H22F2N4O2S/c1-13(2)27-20(14(3)29-16-10-8-15(22)9-11-16)25-26-21(27)30-12-19(28)24-18-7-5-4-6-17(18)23/h4-11,13-14H,12H2,1-3H3,(H,24,28). The number of rotatable bonds is 8. The van der Waals surface area contributed by atoms with Crippen LogP contribution in [0.2, 0.25) is 0 Å². The number of benzene rings is 2. The Kier molecular flexibility index (Phi) is 7.04. The number of anilines is 1. The number of aromatic nitrogens is 3. The molecule has 3 aromatic rings. The van der Waals surface area contributed by atoms with Crippen molar-refractivity contribution in [3.05, 3.63) is 66.0 Å². The first kappa shape index (κ1) is 21.8. The van der Waals surface area contributed by atoms with E-state index in [4.69, 9.17) is 4.74 Å². The molecule has 1 N–H and O–H groups in total. The summed E-state index contributed by atoms with van der Waals surface area (Å²) in [4.78, 5) is 12.2. The van der Waals surface area contributed by atoms with Gasteiger partial charge in [-0.1, -0.05) is 23.9 Å². The minimum atomic E-state index is -0.491. The summed E-state index contributed by atoms with van der Waals surface area (Å²) < 4.78 is 34.5. The lowest BCUT2D eigenvalue weighted by Crippen LogP contribution is -2.17. The number of nitrogens with one attached hydrogen (secondary N) is 1. The van der Waals surface area contributed by atoms with Gasteiger partial charge in [0.25, 0.3) is 0 Å². The van der Waals surface area contributed by atoms with Crippen LogP contribution in [0.1, 0.15) is 38.7 Å². The lowest BCUT2D eigenvalue weighted by molar-refractivity contribution is -0.113. The zero-order valence-electron chi connectivity index (χ0n) is 16.8. The van der Waals surface area contributed by atoms with E-state index >= 15 is 0 Å². The number of halogens is 2. The maximum absolute atomic E-state index is 13.7. The summed E-state index contributed by atoms with van der Waals surface area (Å²) in [7, 11) is 0. The number of carbonyl (C=O) groups is 1. The van der Waals surface area contributed by atoms with Gasteiger partial charge in [-0.05, 0) is 57.2 Å². The fourth-order valence-electron chi connectivity index (χ4n) is 2.80. The summed E-state index contributed by atoms with van der Waals surface area (Å²) in [5.41, 5.74) is 0.135. The molecule has 0 aliphatic rings. The molecule has 0 saturated carbocycles. The van der Waals surface area contributed by atoms with Gasteiger partial charge in [0.1, 0.15) is 17.4 Å². The maximum atomic E-state index is 13.7. The third-order valence-corrected chi connectivity index (χ3v) is 5.12. The first-order valence-corrected chi connectivity index (χ1v) is 10.4. The van der Waals surface area contributed by atoms with E-state index in [1.54, 1.807) is 24.3 Å². The lowest BCUT2D eigenvalue weighted by atomic mass is 10.3. The van der Waals surface area contributed by atoms with Gasteiger partial charge in [0.2, 0.25) is 5.91 Å². The van der Waals surface area contributed by atoms with Crippen molar-refractivity contribution in [2.45, 2.75) is 38.1 Å². The number of ether oxygens (including phenoxy) is 1. The molecule has 1 atom stereocenters. The molecular formula is C21H22F2N4O2S.